The molecule has 0 spiro atoms. The number of benzene rings is 4. The summed E-state index contributed by atoms with van der Waals surface area (Å²) in [5.41, 5.74) is 10.2. The van der Waals surface area contributed by atoms with Gasteiger partial charge >= 0.3 is 5.97 Å². The highest BCUT2D eigenvalue weighted by atomic mass is 16.5. The molecule has 2 N–H and O–H groups in total. The molecule has 0 unspecified atom stereocenters. The maximum Gasteiger partial charge on any atom is 0.326 e. The molecule has 0 radical (unpaired) electrons. The van der Waals surface area contributed by atoms with Crippen molar-refractivity contribution in [3.05, 3.63) is 83.9 Å². The second-order valence-corrected chi connectivity index (χ2v) is 7.87. The molecule has 0 saturated heterocycles. The molecule has 1 aliphatic rings. The molecule has 29 heavy (non-hydrogen) atoms. The van der Waals surface area contributed by atoms with E-state index >= 15 is 0 Å². The highest BCUT2D eigenvalue weighted by molar-refractivity contribution is 6.08. The average Bonchev–Trinajstić information content (AvgIpc) is 2.88. The minimum absolute atomic E-state index is 0.326. The van der Waals surface area contributed by atoms with E-state index in [1.165, 1.54) is 32.7 Å². The van der Waals surface area contributed by atoms with Gasteiger partial charge in [0.25, 0.3) is 0 Å². The lowest BCUT2D eigenvalue weighted by atomic mass is 9.87. The predicted molar refractivity (Wildman–Crippen MR) is 118 cm³/mol. The minimum Gasteiger partial charge on any atom is -0.465 e. The maximum atomic E-state index is 12.9. The Kier molecular flexibility index (Phi) is 4.14. The van der Waals surface area contributed by atoms with Crippen LogP contribution in [-0.2, 0) is 22.4 Å². The van der Waals surface area contributed by atoms with E-state index in [-0.39, 0.29) is 5.97 Å². The first kappa shape index (κ1) is 17.9. The zero-order valence-corrected chi connectivity index (χ0v) is 16.4. The zero-order chi connectivity index (χ0) is 20.0. The van der Waals surface area contributed by atoms with Crippen LogP contribution in [-0.4, -0.2) is 18.1 Å². The van der Waals surface area contributed by atoms with Crippen molar-refractivity contribution in [2.24, 2.45) is 5.73 Å². The van der Waals surface area contributed by atoms with E-state index in [4.69, 9.17) is 10.5 Å². The summed E-state index contributed by atoms with van der Waals surface area (Å²) in [6.45, 7) is 2.15. The van der Waals surface area contributed by atoms with Gasteiger partial charge in [-0.05, 0) is 50.7 Å². The average molecular weight is 381 g/mol. The number of hydrogen-bond donors (Lipinski definition) is 1. The molecule has 3 nitrogen and oxygen atoms in total. The Morgan fingerprint density at radius 2 is 1.31 bits per heavy atom. The molecule has 3 heteroatoms. The van der Waals surface area contributed by atoms with Gasteiger partial charge < -0.3 is 10.5 Å². The molecule has 0 aromatic heterocycles. The zero-order valence-electron chi connectivity index (χ0n) is 16.4. The van der Waals surface area contributed by atoms with Crippen LogP contribution in [0.5, 0.6) is 0 Å². The van der Waals surface area contributed by atoms with E-state index in [1.807, 2.05) is 6.92 Å². The number of ether oxygens (including phenoxy) is 1. The Balaban J connectivity index is 1.89. The van der Waals surface area contributed by atoms with E-state index < -0.39 is 5.54 Å². The Hall–Kier alpha value is -3.17. The van der Waals surface area contributed by atoms with Gasteiger partial charge in [-0.25, -0.2) is 0 Å². The molecule has 144 valence electrons. The van der Waals surface area contributed by atoms with Crippen LogP contribution in [0.25, 0.3) is 32.7 Å². The van der Waals surface area contributed by atoms with E-state index in [9.17, 15) is 4.79 Å². The van der Waals surface area contributed by atoms with Gasteiger partial charge in [0.05, 0.1) is 6.61 Å². The lowest BCUT2D eigenvalue weighted by molar-refractivity contribution is -0.149. The number of hydrogen-bond acceptors (Lipinski definition) is 3. The van der Waals surface area contributed by atoms with Crippen molar-refractivity contribution < 1.29 is 9.53 Å². The first-order valence-electron chi connectivity index (χ1n) is 10.1. The number of fused-ring (bicyclic) bond motifs is 7. The van der Waals surface area contributed by atoms with Gasteiger partial charge in [0.15, 0.2) is 0 Å². The van der Waals surface area contributed by atoms with Crippen LogP contribution in [0.1, 0.15) is 18.1 Å². The Morgan fingerprint density at radius 1 is 0.828 bits per heavy atom. The second kappa shape index (κ2) is 6.71. The van der Waals surface area contributed by atoms with Crippen LogP contribution in [0.15, 0.2) is 72.8 Å². The highest BCUT2D eigenvalue weighted by Crippen LogP contribution is 2.43. The summed E-state index contributed by atoms with van der Waals surface area (Å²) in [6.07, 6.45) is 0.907. The molecule has 0 heterocycles. The summed E-state index contributed by atoms with van der Waals surface area (Å²) in [5.74, 6) is -0.333. The molecule has 0 saturated carbocycles. The van der Waals surface area contributed by atoms with Crippen molar-refractivity contribution in [2.75, 3.05) is 6.61 Å². The summed E-state index contributed by atoms with van der Waals surface area (Å²) >= 11 is 0. The Morgan fingerprint density at radius 3 is 1.79 bits per heavy atom. The van der Waals surface area contributed by atoms with Gasteiger partial charge in [0.2, 0.25) is 0 Å². The van der Waals surface area contributed by atoms with Crippen LogP contribution in [0.4, 0.5) is 0 Å². The smallest absolute Gasteiger partial charge is 0.326 e. The van der Waals surface area contributed by atoms with Crippen molar-refractivity contribution >= 4 is 27.5 Å². The van der Waals surface area contributed by atoms with Crippen LogP contribution >= 0.6 is 0 Å². The van der Waals surface area contributed by atoms with Crippen LogP contribution in [0.3, 0.4) is 0 Å². The monoisotopic (exact) mass is 381 g/mol. The Bertz CT molecular complexity index is 1170. The molecular weight excluding hydrogens is 358 g/mol. The van der Waals surface area contributed by atoms with Gasteiger partial charge in [-0.15, -0.1) is 0 Å². The molecule has 0 amide bonds. The van der Waals surface area contributed by atoms with Gasteiger partial charge in [-0.1, -0.05) is 72.8 Å². The lowest BCUT2D eigenvalue weighted by Crippen LogP contribution is -2.52. The highest BCUT2D eigenvalue weighted by Gasteiger charge is 2.40. The van der Waals surface area contributed by atoms with Gasteiger partial charge in [0.1, 0.15) is 5.54 Å². The second-order valence-electron chi connectivity index (χ2n) is 7.87. The van der Waals surface area contributed by atoms with E-state index in [0.29, 0.717) is 19.4 Å². The van der Waals surface area contributed by atoms with Crippen molar-refractivity contribution in [1.29, 1.82) is 0 Å². The largest absolute Gasteiger partial charge is 0.465 e. The van der Waals surface area contributed by atoms with Gasteiger partial charge in [0, 0.05) is 12.8 Å². The standard InChI is InChI=1S/C26H23NO2/c1-2-29-25(28)26(27)15-19-13-11-17-7-3-5-9-21(17)23(19)24-20(16-26)14-12-18-8-4-6-10-22(18)24/h3-14H,2,15-16,27H2,1H3. The predicted octanol–water partition coefficient (Wildman–Crippen LogP) is 5.02. The first-order chi connectivity index (χ1) is 14.1. The molecule has 0 atom stereocenters. The van der Waals surface area contributed by atoms with Crippen molar-refractivity contribution in [3.8, 4) is 11.1 Å². The third-order valence-electron chi connectivity index (χ3n) is 5.97. The van der Waals surface area contributed by atoms with Gasteiger partial charge in [-0.3, -0.25) is 4.79 Å². The fourth-order valence-electron chi connectivity index (χ4n) is 4.68. The molecule has 0 bridgehead atoms. The van der Waals surface area contributed by atoms with Crippen molar-refractivity contribution in [2.45, 2.75) is 25.3 Å². The maximum absolute atomic E-state index is 12.9. The summed E-state index contributed by atoms with van der Waals surface area (Å²) in [6, 6.07) is 25.3. The summed E-state index contributed by atoms with van der Waals surface area (Å²) in [7, 11) is 0. The molecule has 1 aliphatic carbocycles. The lowest BCUT2D eigenvalue weighted by Gasteiger charge is -2.26. The normalized spacial score (nSPS) is 14.8. The molecule has 0 fully saturated rings. The van der Waals surface area contributed by atoms with Crippen molar-refractivity contribution in [1.82, 2.24) is 0 Å². The number of carbonyl (C=O) groups is 1. The van der Waals surface area contributed by atoms with Crippen LogP contribution in [0.2, 0.25) is 0 Å². The molecule has 4 aromatic rings. The topological polar surface area (TPSA) is 52.3 Å². The van der Waals surface area contributed by atoms with Crippen LogP contribution < -0.4 is 5.73 Å². The minimum atomic E-state index is -1.08. The number of esters is 1. The molecule has 0 aliphatic heterocycles. The fraction of sp³-hybridized carbons (Fsp3) is 0.192. The van der Waals surface area contributed by atoms with Crippen molar-refractivity contribution in [3.63, 3.8) is 0 Å². The molecule has 5 rings (SSSR count). The third-order valence-corrected chi connectivity index (χ3v) is 5.97. The number of carbonyl (C=O) groups excluding carboxylic acids is 1. The summed E-state index contributed by atoms with van der Waals surface area (Å²) in [5, 5.41) is 4.75. The fourth-order valence-corrected chi connectivity index (χ4v) is 4.68. The first-order valence-corrected chi connectivity index (χ1v) is 10.1. The summed E-state index contributed by atoms with van der Waals surface area (Å²) < 4.78 is 5.38. The van der Waals surface area contributed by atoms with Crippen LogP contribution in [0, 0.1) is 0 Å². The third kappa shape index (κ3) is 2.81. The van der Waals surface area contributed by atoms with E-state index in [0.717, 1.165) is 11.1 Å². The van der Waals surface area contributed by atoms with Gasteiger partial charge in [-0.2, -0.15) is 0 Å². The Labute approximate surface area is 170 Å². The number of rotatable bonds is 2. The number of nitrogens with two attached hydrogens (primary N) is 1. The quantitative estimate of drug-likeness (QED) is 0.496. The van der Waals surface area contributed by atoms with E-state index in [1.54, 1.807) is 0 Å². The molecular formula is C26H23NO2. The summed E-state index contributed by atoms with van der Waals surface area (Å²) in [4.78, 5) is 12.9. The SMILES string of the molecule is CCOC(=O)C1(N)Cc2ccc3ccccc3c2-c2c(ccc3ccccc23)C1. The van der Waals surface area contributed by atoms with E-state index in [2.05, 4.69) is 72.8 Å². The molecule has 4 aromatic carbocycles.